The van der Waals surface area contributed by atoms with E-state index >= 15 is 0 Å². The Balaban J connectivity index is 2.16. The van der Waals surface area contributed by atoms with Crippen LogP contribution in [0.25, 0.3) is 0 Å². The van der Waals surface area contributed by atoms with Crippen molar-refractivity contribution in [3.05, 3.63) is 35.0 Å². The maximum atomic E-state index is 13.0. The second kappa shape index (κ2) is 6.43. The smallest absolute Gasteiger partial charge is 0.242 e. The second-order valence-corrected chi connectivity index (χ2v) is 8.04. The molecule has 0 spiro atoms. The normalized spacial score (nSPS) is 22.7. The molecule has 0 saturated heterocycles. The largest absolute Gasteiger partial charge is 0.504 e. The Labute approximate surface area is 154 Å². The molecule has 1 N–H and O–H groups in total. The molecule has 26 heavy (non-hydrogen) atoms. The fourth-order valence-electron chi connectivity index (χ4n) is 4.06. The number of aromatic hydroxyl groups is 1. The minimum Gasteiger partial charge on any atom is -0.504 e. The highest BCUT2D eigenvalue weighted by Gasteiger charge is 2.44. The van der Waals surface area contributed by atoms with Crippen molar-refractivity contribution in [3.8, 4) is 11.5 Å². The number of phenolic OH excluding ortho intramolecular Hbond substituents is 1. The molecule has 0 saturated carbocycles. The molecule has 1 unspecified atom stereocenters. The summed E-state index contributed by atoms with van der Waals surface area (Å²) in [5.74, 6) is 0.130. The Bertz CT molecular complexity index is 795. The zero-order chi connectivity index (χ0) is 19.2. The molecule has 0 radical (unpaired) electrons. The van der Waals surface area contributed by atoms with Crippen LogP contribution >= 0.6 is 0 Å². The maximum Gasteiger partial charge on any atom is 0.242 e. The summed E-state index contributed by atoms with van der Waals surface area (Å²) in [7, 11) is 5.12. The average molecular weight is 358 g/mol. The summed E-state index contributed by atoms with van der Waals surface area (Å²) in [4.78, 5) is 25.9. The molecule has 2 aliphatic rings. The topological polar surface area (TPSA) is 70.1 Å². The van der Waals surface area contributed by atoms with E-state index in [9.17, 15) is 14.7 Å². The summed E-state index contributed by atoms with van der Waals surface area (Å²) in [5, 5.41) is 13.3. The van der Waals surface area contributed by atoms with Crippen molar-refractivity contribution in [2.75, 3.05) is 21.2 Å². The monoisotopic (exact) mass is 358 g/mol. The summed E-state index contributed by atoms with van der Waals surface area (Å²) < 4.78 is 5.20. The number of allylic oxidation sites excluding steroid dienone is 2. The Morgan fingerprint density at radius 2 is 1.92 bits per heavy atom. The van der Waals surface area contributed by atoms with Crippen molar-refractivity contribution in [1.82, 2.24) is 10.0 Å². The lowest BCUT2D eigenvalue weighted by atomic mass is 9.69. The van der Waals surface area contributed by atoms with Gasteiger partial charge in [-0.3, -0.25) is 9.59 Å². The SMILES string of the molecule is COc1cc(C2CC(=O)N(N(C)C)C3=C2C(=O)CC(C)(C)C3)ccc1O. The third-order valence-corrected chi connectivity index (χ3v) is 5.12. The van der Waals surface area contributed by atoms with Crippen LogP contribution in [0.2, 0.25) is 0 Å². The number of phenols is 1. The van der Waals surface area contributed by atoms with E-state index in [0.717, 1.165) is 11.3 Å². The van der Waals surface area contributed by atoms with Crippen LogP contribution in [-0.4, -0.2) is 48.0 Å². The number of hydrogen-bond donors (Lipinski definition) is 1. The molecule has 0 bridgehead atoms. The predicted octanol–water partition coefficient (Wildman–Crippen LogP) is 2.84. The molecular formula is C20H26N2O4. The molecule has 1 atom stereocenters. The van der Waals surface area contributed by atoms with E-state index in [-0.39, 0.29) is 35.2 Å². The van der Waals surface area contributed by atoms with Gasteiger partial charge in [0.25, 0.3) is 0 Å². The number of carbonyl (C=O) groups is 2. The molecule has 1 aliphatic carbocycles. The van der Waals surface area contributed by atoms with E-state index in [1.807, 2.05) is 14.1 Å². The molecule has 6 heteroatoms. The van der Waals surface area contributed by atoms with E-state index in [2.05, 4.69) is 13.8 Å². The minimum absolute atomic E-state index is 0.0312. The van der Waals surface area contributed by atoms with E-state index in [1.54, 1.807) is 28.2 Å². The summed E-state index contributed by atoms with van der Waals surface area (Å²) >= 11 is 0. The van der Waals surface area contributed by atoms with Crippen molar-refractivity contribution in [3.63, 3.8) is 0 Å². The molecule has 3 rings (SSSR count). The Kier molecular flexibility index (Phi) is 4.56. The number of rotatable bonds is 3. The van der Waals surface area contributed by atoms with Gasteiger partial charge in [0.05, 0.1) is 7.11 Å². The van der Waals surface area contributed by atoms with Gasteiger partial charge in [0.1, 0.15) is 0 Å². The summed E-state index contributed by atoms with van der Waals surface area (Å²) in [6, 6.07) is 5.03. The summed E-state index contributed by atoms with van der Waals surface area (Å²) in [6.45, 7) is 4.11. The van der Waals surface area contributed by atoms with Gasteiger partial charge in [-0.2, -0.15) is 0 Å². The number of carbonyl (C=O) groups excluding carboxylic acids is 2. The molecule has 1 amide bonds. The van der Waals surface area contributed by atoms with E-state index in [0.29, 0.717) is 24.2 Å². The average Bonchev–Trinajstić information content (AvgIpc) is 2.52. The van der Waals surface area contributed by atoms with Crippen LogP contribution < -0.4 is 4.74 Å². The van der Waals surface area contributed by atoms with Gasteiger partial charge in [0, 0.05) is 44.1 Å². The first-order valence-electron chi connectivity index (χ1n) is 8.78. The number of ketones is 1. The number of Topliss-reactive ketones (excluding diaryl/α,β-unsaturated/α-hetero) is 1. The number of methoxy groups -OCH3 is 1. The van der Waals surface area contributed by atoms with Crippen LogP contribution in [-0.2, 0) is 9.59 Å². The third kappa shape index (κ3) is 3.09. The lowest BCUT2D eigenvalue weighted by molar-refractivity contribution is -0.143. The predicted molar refractivity (Wildman–Crippen MR) is 97.6 cm³/mol. The van der Waals surface area contributed by atoms with Crippen LogP contribution in [0.1, 0.15) is 44.6 Å². The van der Waals surface area contributed by atoms with Crippen LogP contribution in [0.3, 0.4) is 0 Å². The lowest BCUT2D eigenvalue weighted by Crippen LogP contribution is -2.49. The molecule has 1 aromatic carbocycles. The summed E-state index contributed by atoms with van der Waals surface area (Å²) in [6.07, 6.45) is 1.35. The molecule has 1 aliphatic heterocycles. The van der Waals surface area contributed by atoms with Gasteiger partial charge < -0.3 is 9.84 Å². The Hall–Kier alpha value is -2.34. The van der Waals surface area contributed by atoms with Gasteiger partial charge in [-0.1, -0.05) is 19.9 Å². The highest BCUT2D eigenvalue weighted by molar-refractivity contribution is 6.02. The van der Waals surface area contributed by atoms with Gasteiger partial charge in [0.15, 0.2) is 17.3 Å². The Morgan fingerprint density at radius 1 is 1.23 bits per heavy atom. The number of hydrogen-bond acceptors (Lipinski definition) is 5. The number of ether oxygens (including phenoxy) is 1. The van der Waals surface area contributed by atoms with Crippen LogP contribution in [0.5, 0.6) is 11.5 Å². The van der Waals surface area contributed by atoms with Gasteiger partial charge in [0.2, 0.25) is 5.91 Å². The van der Waals surface area contributed by atoms with Crippen molar-refractivity contribution in [1.29, 1.82) is 0 Å². The number of nitrogens with zero attached hydrogens (tertiary/aromatic N) is 2. The van der Waals surface area contributed by atoms with Crippen LogP contribution in [0.15, 0.2) is 29.5 Å². The maximum absolute atomic E-state index is 13.0. The molecule has 140 valence electrons. The number of benzene rings is 1. The quantitative estimate of drug-likeness (QED) is 0.900. The first-order valence-corrected chi connectivity index (χ1v) is 8.78. The molecule has 6 nitrogen and oxygen atoms in total. The molecule has 0 fully saturated rings. The van der Waals surface area contributed by atoms with Crippen molar-refractivity contribution in [2.45, 2.75) is 39.0 Å². The van der Waals surface area contributed by atoms with E-state index < -0.39 is 0 Å². The second-order valence-electron chi connectivity index (χ2n) is 8.04. The van der Waals surface area contributed by atoms with Gasteiger partial charge in [-0.05, 0) is 29.5 Å². The fraction of sp³-hybridized carbons (Fsp3) is 0.500. The number of amides is 1. The van der Waals surface area contributed by atoms with Crippen molar-refractivity contribution < 1.29 is 19.4 Å². The van der Waals surface area contributed by atoms with Crippen LogP contribution in [0.4, 0.5) is 0 Å². The van der Waals surface area contributed by atoms with Gasteiger partial charge in [-0.15, -0.1) is 0 Å². The first kappa shape index (κ1) is 18.5. The van der Waals surface area contributed by atoms with E-state index in [1.165, 1.54) is 7.11 Å². The molecule has 0 aromatic heterocycles. The van der Waals surface area contributed by atoms with E-state index in [4.69, 9.17) is 4.74 Å². The van der Waals surface area contributed by atoms with Crippen molar-refractivity contribution >= 4 is 11.7 Å². The molecule has 1 aromatic rings. The standard InChI is InChI=1S/C20H26N2O4/c1-20(2)10-14-19(16(24)11-20)13(9-18(25)22(14)21(3)4)12-6-7-15(23)17(8-12)26-5/h6-8,13,23H,9-11H2,1-5H3. The highest BCUT2D eigenvalue weighted by Crippen LogP contribution is 2.47. The summed E-state index contributed by atoms with van der Waals surface area (Å²) in [5.41, 5.74) is 2.14. The zero-order valence-electron chi connectivity index (χ0n) is 16.0. The van der Waals surface area contributed by atoms with Crippen molar-refractivity contribution in [2.24, 2.45) is 5.41 Å². The lowest BCUT2D eigenvalue weighted by Gasteiger charge is -2.44. The highest BCUT2D eigenvalue weighted by atomic mass is 16.5. The zero-order valence-corrected chi connectivity index (χ0v) is 16.0. The third-order valence-electron chi connectivity index (χ3n) is 5.12. The Morgan fingerprint density at radius 3 is 2.54 bits per heavy atom. The molecule has 1 heterocycles. The van der Waals surface area contributed by atoms with Crippen LogP contribution in [0, 0.1) is 5.41 Å². The van der Waals surface area contributed by atoms with Gasteiger partial charge in [-0.25, -0.2) is 10.0 Å². The fourth-order valence-corrected chi connectivity index (χ4v) is 4.06. The first-order chi connectivity index (χ1) is 12.1. The molecular weight excluding hydrogens is 332 g/mol. The van der Waals surface area contributed by atoms with Gasteiger partial charge >= 0.3 is 0 Å². The minimum atomic E-state index is -0.313. The number of hydrazine groups is 1.